The van der Waals surface area contributed by atoms with Crippen molar-refractivity contribution in [1.82, 2.24) is 0 Å². The summed E-state index contributed by atoms with van der Waals surface area (Å²) in [5, 5.41) is 20.7. The molecule has 0 radical (unpaired) electrons. The van der Waals surface area contributed by atoms with Crippen molar-refractivity contribution in [3.8, 4) is 0 Å². The SMILES string of the molecule is C[C@]12CC[C@H]3[C@@H](CC[C@H]4C[C@@H](O)CC[C@@]43CO)[C@H]1CC[C@@H]2C1=CC(=O)OC1. The van der Waals surface area contributed by atoms with E-state index in [0.29, 0.717) is 42.8 Å². The topological polar surface area (TPSA) is 66.8 Å². The van der Waals surface area contributed by atoms with Gasteiger partial charge in [0.1, 0.15) is 6.61 Å². The van der Waals surface area contributed by atoms with Crippen molar-refractivity contribution in [3.05, 3.63) is 11.6 Å². The standard InChI is InChI=1S/C23H34O4/c1-22-8-7-20-17(3-2-15-11-16(25)6-9-23(15,20)13-24)19(22)5-4-18(22)14-10-21(26)27-12-14/h10,15-20,24-25H,2-9,11-13H2,1H3/t15-,16-,17-,18+,19+,20-,22+,23+/m0/s1. The van der Waals surface area contributed by atoms with E-state index in [9.17, 15) is 15.0 Å². The van der Waals surface area contributed by atoms with E-state index in [0.717, 1.165) is 19.3 Å². The maximum atomic E-state index is 11.6. The van der Waals surface area contributed by atoms with Crippen LogP contribution in [0.4, 0.5) is 0 Å². The van der Waals surface area contributed by atoms with Crippen LogP contribution in [0.25, 0.3) is 0 Å². The van der Waals surface area contributed by atoms with Crippen LogP contribution in [0.5, 0.6) is 0 Å². The number of cyclic esters (lactones) is 1. The monoisotopic (exact) mass is 374 g/mol. The second-order valence-electron chi connectivity index (χ2n) is 10.5. The molecule has 4 nitrogen and oxygen atoms in total. The van der Waals surface area contributed by atoms with Crippen molar-refractivity contribution in [2.45, 2.75) is 70.8 Å². The minimum Gasteiger partial charge on any atom is -0.458 e. The highest BCUT2D eigenvalue weighted by molar-refractivity contribution is 5.85. The molecule has 1 aliphatic heterocycles. The number of fused-ring (bicyclic) bond motifs is 5. The normalized spacial score (nSPS) is 51.8. The van der Waals surface area contributed by atoms with Crippen LogP contribution in [0.2, 0.25) is 0 Å². The van der Waals surface area contributed by atoms with Gasteiger partial charge in [0.15, 0.2) is 0 Å². The van der Waals surface area contributed by atoms with Crippen LogP contribution in [0, 0.1) is 40.4 Å². The van der Waals surface area contributed by atoms with E-state index in [1.807, 2.05) is 0 Å². The van der Waals surface area contributed by atoms with Gasteiger partial charge in [0.2, 0.25) is 0 Å². The average Bonchev–Trinajstić information content (AvgIpc) is 3.23. The predicted octanol–water partition coefficient (Wildman–Crippen LogP) is 3.46. The summed E-state index contributed by atoms with van der Waals surface area (Å²) in [4.78, 5) is 11.6. The van der Waals surface area contributed by atoms with Crippen molar-refractivity contribution in [1.29, 1.82) is 0 Å². The number of hydrogen-bond donors (Lipinski definition) is 2. The van der Waals surface area contributed by atoms with Gasteiger partial charge in [-0.2, -0.15) is 0 Å². The van der Waals surface area contributed by atoms with Gasteiger partial charge in [-0.25, -0.2) is 4.79 Å². The first-order valence-corrected chi connectivity index (χ1v) is 11.1. The zero-order valence-electron chi connectivity index (χ0n) is 16.5. The van der Waals surface area contributed by atoms with E-state index < -0.39 is 0 Å². The third kappa shape index (κ3) is 2.51. The highest BCUT2D eigenvalue weighted by Gasteiger charge is 2.61. The van der Waals surface area contributed by atoms with Gasteiger partial charge in [0.25, 0.3) is 0 Å². The molecular formula is C23H34O4. The molecule has 5 rings (SSSR count). The van der Waals surface area contributed by atoms with E-state index in [2.05, 4.69) is 6.92 Å². The van der Waals surface area contributed by atoms with Crippen LogP contribution in [0.1, 0.15) is 64.7 Å². The third-order valence-electron chi connectivity index (χ3n) is 9.76. The Morgan fingerprint density at radius 2 is 1.96 bits per heavy atom. The summed E-state index contributed by atoms with van der Waals surface area (Å²) in [5.41, 5.74) is 1.56. The lowest BCUT2D eigenvalue weighted by molar-refractivity contribution is -0.152. The molecule has 0 saturated heterocycles. The predicted molar refractivity (Wildman–Crippen MR) is 102 cm³/mol. The summed E-state index contributed by atoms with van der Waals surface area (Å²) >= 11 is 0. The molecule has 0 amide bonds. The maximum absolute atomic E-state index is 11.6. The zero-order chi connectivity index (χ0) is 18.8. The summed E-state index contributed by atoms with van der Waals surface area (Å²) in [6.07, 6.45) is 11.6. The maximum Gasteiger partial charge on any atom is 0.331 e. The Labute approximate surface area is 162 Å². The summed E-state index contributed by atoms with van der Waals surface area (Å²) < 4.78 is 5.24. The van der Waals surface area contributed by atoms with Crippen LogP contribution in [-0.2, 0) is 9.53 Å². The zero-order valence-corrected chi connectivity index (χ0v) is 16.5. The Balaban J connectivity index is 1.43. The number of carbonyl (C=O) groups is 1. The van der Waals surface area contributed by atoms with Crippen LogP contribution in [-0.4, -0.2) is 35.5 Å². The van der Waals surface area contributed by atoms with Gasteiger partial charge in [-0.15, -0.1) is 0 Å². The lowest BCUT2D eigenvalue weighted by Crippen LogP contribution is -2.56. The van der Waals surface area contributed by atoms with E-state index in [1.165, 1.54) is 44.1 Å². The molecule has 0 aromatic heterocycles. The molecule has 0 bridgehead atoms. The summed E-state index contributed by atoms with van der Waals surface area (Å²) in [7, 11) is 0. The number of rotatable bonds is 2. The molecule has 4 saturated carbocycles. The average molecular weight is 375 g/mol. The quantitative estimate of drug-likeness (QED) is 0.727. The Bertz CT molecular complexity index is 657. The van der Waals surface area contributed by atoms with Crippen LogP contribution in [0.15, 0.2) is 11.6 Å². The summed E-state index contributed by atoms with van der Waals surface area (Å²) in [6.45, 7) is 3.27. The van der Waals surface area contributed by atoms with Crippen molar-refractivity contribution in [2.75, 3.05) is 13.2 Å². The van der Waals surface area contributed by atoms with Crippen molar-refractivity contribution >= 4 is 5.97 Å². The largest absolute Gasteiger partial charge is 0.458 e. The van der Waals surface area contributed by atoms with Crippen LogP contribution in [0.3, 0.4) is 0 Å². The second kappa shape index (κ2) is 6.32. The molecule has 8 atom stereocenters. The Hall–Kier alpha value is -0.870. The number of aliphatic hydroxyl groups is 2. The number of esters is 1. The van der Waals surface area contributed by atoms with Crippen molar-refractivity contribution in [2.24, 2.45) is 40.4 Å². The fourth-order valence-electron chi connectivity index (χ4n) is 8.54. The molecule has 5 aliphatic rings. The second-order valence-corrected chi connectivity index (χ2v) is 10.5. The minimum atomic E-state index is -0.164. The smallest absolute Gasteiger partial charge is 0.331 e. The molecule has 4 heteroatoms. The molecular weight excluding hydrogens is 340 g/mol. The lowest BCUT2D eigenvalue weighted by atomic mass is 9.44. The molecule has 0 unspecified atom stereocenters. The number of aliphatic hydroxyl groups excluding tert-OH is 2. The Kier molecular flexibility index (Phi) is 4.25. The molecule has 27 heavy (non-hydrogen) atoms. The van der Waals surface area contributed by atoms with E-state index >= 15 is 0 Å². The molecule has 4 fully saturated rings. The molecule has 4 aliphatic carbocycles. The number of carbonyl (C=O) groups excluding carboxylic acids is 1. The van der Waals surface area contributed by atoms with Gasteiger partial charge in [-0.1, -0.05) is 6.92 Å². The van der Waals surface area contributed by atoms with E-state index in [-0.39, 0.29) is 22.9 Å². The van der Waals surface area contributed by atoms with Gasteiger partial charge < -0.3 is 14.9 Å². The highest BCUT2D eigenvalue weighted by Crippen LogP contribution is 2.68. The Morgan fingerprint density at radius 3 is 2.70 bits per heavy atom. The van der Waals surface area contributed by atoms with E-state index in [4.69, 9.17) is 4.74 Å². The Morgan fingerprint density at radius 1 is 1.11 bits per heavy atom. The van der Waals surface area contributed by atoms with E-state index in [1.54, 1.807) is 6.08 Å². The summed E-state index contributed by atoms with van der Waals surface area (Å²) in [6, 6.07) is 0. The first-order valence-electron chi connectivity index (χ1n) is 11.1. The highest BCUT2D eigenvalue weighted by atomic mass is 16.5. The van der Waals surface area contributed by atoms with Crippen molar-refractivity contribution < 1.29 is 19.7 Å². The molecule has 0 spiro atoms. The fourth-order valence-corrected chi connectivity index (χ4v) is 8.54. The lowest BCUT2D eigenvalue weighted by Gasteiger charge is -2.61. The third-order valence-corrected chi connectivity index (χ3v) is 9.76. The molecule has 1 heterocycles. The first-order chi connectivity index (χ1) is 13.0. The molecule has 2 N–H and O–H groups in total. The van der Waals surface area contributed by atoms with Gasteiger partial charge in [0.05, 0.1) is 6.10 Å². The molecule has 0 aromatic rings. The van der Waals surface area contributed by atoms with Crippen LogP contribution >= 0.6 is 0 Å². The van der Waals surface area contributed by atoms with Crippen LogP contribution < -0.4 is 0 Å². The van der Waals surface area contributed by atoms with Gasteiger partial charge >= 0.3 is 5.97 Å². The van der Waals surface area contributed by atoms with Gasteiger partial charge in [-0.3, -0.25) is 0 Å². The van der Waals surface area contributed by atoms with Gasteiger partial charge in [0, 0.05) is 12.7 Å². The molecule has 0 aromatic carbocycles. The number of hydrogen-bond acceptors (Lipinski definition) is 4. The minimum absolute atomic E-state index is 0.0489. The first kappa shape index (κ1) is 18.2. The molecule has 150 valence electrons. The summed E-state index contributed by atoms with van der Waals surface area (Å²) in [5.74, 6) is 2.84. The van der Waals surface area contributed by atoms with Gasteiger partial charge in [-0.05, 0) is 104 Å². The fraction of sp³-hybridized carbons (Fsp3) is 0.870. The number of ether oxygens (including phenoxy) is 1. The van der Waals surface area contributed by atoms with Crippen molar-refractivity contribution in [3.63, 3.8) is 0 Å².